The first-order valence-corrected chi connectivity index (χ1v) is 7.12. The van der Waals surface area contributed by atoms with E-state index >= 15 is 0 Å². The Labute approximate surface area is 118 Å². The predicted molar refractivity (Wildman–Crippen MR) is 76.7 cm³/mol. The van der Waals surface area contributed by atoms with E-state index in [1.165, 1.54) is 16.8 Å². The van der Waals surface area contributed by atoms with Crippen LogP contribution in [0.2, 0.25) is 0 Å². The summed E-state index contributed by atoms with van der Waals surface area (Å²) in [6.45, 7) is 4.52. The molecular formula is C14H23N3O3. The van der Waals surface area contributed by atoms with Crippen LogP contribution in [0.25, 0.3) is 0 Å². The Kier molecular flexibility index (Phi) is 6.93. The topological polar surface area (TPSA) is 84.2 Å². The highest BCUT2D eigenvalue weighted by Gasteiger charge is 2.14. The van der Waals surface area contributed by atoms with Crippen molar-refractivity contribution in [2.24, 2.45) is 0 Å². The molecule has 0 spiro atoms. The summed E-state index contributed by atoms with van der Waals surface area (Å²) < 4.78 is 1.32. The first-order chi connectivity index (χ1) is 9.62. The third-order valence-corrected chi connectivity index (χ3v) is 3.13. The molecule has 2 N–H and O–H groups in total. The second-order valence-electron chi connectivity index (χ2n) is 4.72. The summed E-state index contributed by atoms with van der Waals surface area (Å²) in [5.41, 5.74) is 0.0366. The Morgan fingerprint density at radius 2 is 2.20 bits per heavy atom. The van der Waals surface area contributed by atoms with Crippen molar-refractivity contribution in [3.05, 3.63) is 28.2 Å². The van der Waals surface area contributed by atoms with Gasteiger partial charge in [0.15, 0.2) is 0 Å². The van der Waals surface area contributed by atoms with Crippen LogP contribution in [0.15, 0.2) is 16.9 Å². The minimum absolute atomic E-state index is 0.0300. The van der Waals surface area contributed by atoms with Crippen LogP contribution in [0.4, 0.5) is 0 Å². The molecule has 0 aliphatic heterocycles. The quantitative estimate of drug-likeness (QED) is 0.742. The van der Waals surface area contributed by atoms with E-state index in [-0.39, 0.29) is 29.8 Å². The standard InChI is InChI=1S/C14H23N3O3/c1-3-5-9-17-13(19)7-6-12(16-17)14(20)15-11(4-2)8-10-18/h6-7,11,18H,3-5,8-10H2,1-2H3,(H,15,20). The monoisotopic (exact) mass is 281 g/mol. The molecule has 112 valence electrons. The fourth-order valence-electron chi connectivity index (χ4n) is 1.83. The average Bonchev–Trinajstić information content (AvgIpc) is 2.45. The first kappa shape index (κ1) is 16.4. The van der Waals surface area contributed by atoms with Gasteiger partial charge in [-0.2, -0.15) is 5.10 Å². The molecule has 1 heterocycles. The van der Waals surface area contributed by atoms with E-state index in [2.05, 4.69) is 10.4 Å². The summed E-state index contributed by atoms with van der Waals surface area (Å²) in [6.07, 6.45) is 3.05. The van der Waals surface area contributed by atoms with Crippen molar-refractivity contribution in [3.63, 3.8) is 0 Å². The van der Waals surface area contributed by atoms with Gasteiger partial charge >= 0.3 is 0 Å². The number of amides is 1. The van der Waals surface area contributed by atoms with Crippen LogP contribution >= 0.6 is 0 Å². The van der Waals surface area contributed by atoms with Crippen LogP contribution in [-0.2, 0) is 6.54 Å². The molecule has 0 aromatic carbocycles. The third kappa shape index (κ3) is 4.77. The Hall–Kier alpha value is -1.69. The average molecular weight is 281 g/mol. The van der Waals surface area contributed by atoms with Gasteiger partial charge in [-0.15, -0.1) is 0 Å². The number of rotatable bonds is 8. The van der Waals surface area contributed by atoms with Gasteiger partial charge in [0.2, 0.25) is 0 Å². The van der Waals surface area contributed by atoms with Crippen LogP contribution in [0.3, 0.4) is 0 Å². The fraction of sp³-hybridized carbons (Fsp3) is 0.643. The van der Waals surface area contributed by atoms with Crippen molar-refractivity contribution < 1.29 is 9.90 Å². The van der Waals surface area contributed by atoms with Gasteiger partial charge < -0.3 is 10.4 Å². The molecule has 1 aromatic heterocycles. The molecule has 1 atom stereocenters. The molecule has 0 radical (unpaired) electrons. The van der Waals surface area contributed by atoms with E-state index in [0.29, 0.717) is 13.0 Å². The SMILES string of the molecule is CCCCn1nc(C(=O)NC(CC)CCO)ccc1=O. The highest BCUT2D eigenvalue weighted by Crippen LogP contribution is 2.00. The molecule has 20 heavy (non-hydrogen) atoms. The van der Waals surface area contributed by atoms with Crippen LogP contribution in [0.5, 0.6) is 0 Å². The normalized spacial score (nSPS) is 12.2. The number of unbranched alkanes of at least 4 members (excludes halogenated alkanes) is 1. The number of hydrogen-bond donors (Lipinski definition) is 2. The lowest BCUT2D eigenvalue weighted by Gasteiger charge is -2.15. The summed E-state index contributed by atoms with van der Waals surface area (Å²) in [5.74, 6) is -0.310. The number of nitrogens with one attached hydrogen (secondary N) is 1. The third-order valence-electron chi connectivity index (χ3n) is 3.13. The number of aliphatic hydroxyl groups is 1. The van der Waals surface area contributed by atoms with Crippen LogP contribution in [0, 0.1) is 0 Å². The highest BCUT2D eigenvalue weighted by atomic mass is 16.3. The molecule has 1 aromatic rings. The Morgan fingerprint density at radius 3 is 2.80 bits per heavy atom. The van der Waals surface area contributed by atoms with Gasteiger partial charge in [-0.1, -0.05) is 20.3 Å². The maximum atomic E-state index is 12.1. The van der Waals surface area contributed by atoms with Crippen LogP contribution in [0.1, 0.15) is 50.0 Å². The zero-order valence-corrected chi connectivity index (χ0v) is 12.1. The molecule has 6 heteroatoms. The molecule has 1 amide bonds. The van der Waals surface area contributed by atoms with Crippen molar-refractivity contribution >= 4 is 5.91 Å². The molecule has 0 fully saturated rings. The maximum Gasteiger partial charge on any atom is 0.271 e. The minimum atomic E-state index is -0.310. The molecule has 1 rings (SSSR count). The van der Waals surface area contributed by atoms with Gasteiger partial charge in [0.05, 0.1) is 0 Å². The number of aryl methyl sites for hydroxylation is 1. The smallest absolute Gasteiger partial charge is 0.271 e. The largest absolute Gasteiger partial charge is 0.396 e. The van der Waals surface area contributed by atoms with E-state index in [1.807, 2.05) is 13.8 Å². The lowest BCUT2D eigenvalue weighted by molar-refractivity contribution is 0.0921. The zero-order chi connectivity index (χ0) is 15.0. The molecular weight excluding hydrogens is 258 g/mol. The summed E-state index contributed by atoms with van der Waals surface area (Å²) in [4.78, 5) is 23.7. The molecule has 6 nitrogen and oxygen atoms in total. The van der Waals surface area contributed by atoms with Crippen molar-refractivity contribution in [2.45, 2.75) is 52.1 Å². The highest BCUT2D eigenvalue weighted by molar-refractivity contribution is 5.92. The van der Waals surface area contributed by atoms with E-state index in [0.717, 1.165) is 19.3 Å². The second-order valence-corrected chi connectivity index (χ2v) is 4.72. The summed E-state index contributed by atoms with van der Waals surface area (Å²) in [6, 6.07) is 2.72. The van der Waals surface area contributed by atoms with E-state index in [1.54, 1.807) is 0 Å². The molecule has 0 saturated heterocycles. The lowest BCUT2D eigenvalue weighted by atomic mass is 10.1. The van der Waals surface area contributed by atoms with Crippen molar-refractivity contribution in [2.75, 3.05) is 6.61 Å². The number of carbonyl (C=O) groups excluding carboxylic acids is 1. The van der Waals surface area contributed by atoms with Gasteiger partial charge in [-0.05, 0) is 25.3 Å². The summed E-state index contributed by atoms with van der Waals surface area (Å²) >= 11 is 0. The van der Waals surface area contributed by atoms with Gasteiger partial charge in [0.1, 0.15) is 5.69 Å². The minimum Gasteiger partial charge on any atom is -0.396 e. The Bertz CT molecular complexity index is 485. The molecule has 0 saturated carbocycles. The zero-order valence-electron chi connectivity index (χ0n) is 12.1. The van der Waals surface area contributed by atoms with Gasteiger partial charge in [0, 0.05) is 25.3 Å². The number of nitrogens with zero attached hydrogens (tertiary/aromatic N) is 2. The Morgan fingerprint density at radius 1 is 1.45 bits per heavy atom. The number of aliphatic hydroxyl groups excluding tert-OH is 1. The van der Waals surface area contributed by atoms with E-state index < -0.39 is 0 Å². The summed E-state index contributed by atoms with van der Waals surface area (Å²) in [5, 5.41) is 15.8. The molecule has 0 aliphatic carbocycles. The molecule has 0 aliphatic rings. The molecule has 1 unspecified atom stereocenters. The van der Waals surface area contributed by atoms with Crippen LogP contribution < -0.4 is 10.9 Å². The second kappa shape index (κ2) is 8.47. The number of carbonyl (C=O) groups is 1. The van der Waals surface area contributed by atoms with Crippen molar-refractivity contribution in [3.8, 4) is 0 Å². The lowest BCUT2D eigenvalue weighted by Crippen LogP contribution is -2.37. The van der Waals surface area contributed by atoms with E-state index in [4.69, 9.17) is 5.11 Å². The Balaban J connectivity index is 2.79. The van der Waals surface area contributed by atoms with E-state index in [9.17, 15) is 9.59 Å². The summed E-state index contributed by atoms with van der Waals surface area (Å²) in [7, 11) is 0. The van der Waals surface area contributed by atoms with Crippen molar-refractivity contribution in [1.29, 1.82) is 0 Å². The van der Waals surface area contributed by atoms with Gasteiger partial charge in [0.25, 0.3) is 11.5 Å². The predicted octanol–water partition coefficient (Wildman–Crippen LogP) is 0.934. The first-order valence-electron chi connectivity index (χ1n) is 7.12. The van der Waals surface area contributed by atoms with Gasteiger partial charge in [-0.3, -0.25) is 9.59 Å². The molecule has 0 bridgehead atoms. The van der Waals surface area contributed by atoms with Crippen LogP contribution in [-0.4, -0.2) is 33.4 Å². The van der Waals surface area contributed by atoms with Gasteiger partial charge in [-0.25, -0.2) is 4.68 Å². The number of aromatic nitrogens is 2. The van der Waals surface area contributed by atoms with Crippen molar-refractivity contribution in [1.82, 2.24) is 15.1 Å². The maximum absolute atomic E-state index is 12.1. The fourth-order valence-corrected chi connectivity index (χ4v) is 1.83. The number of hydrogen-bond acceptors (Lipinski definition) is 4.